The second-order valence-corrected chi connectivity index (χ2v) is 6.30. The smallest absolute Gasteiger partial charge is 0.331 e. The van der Waals surface area contributed by atoms with E-state index in [-0.39, 0.29) is 11.2 Å². The van der Waals surface area contributed by atoms with E-state index >= 15 is 0 Å². The number of ether oxygens (including phenoxy) is 2. The Balaban J connectivity index is 1.78. The highest BCUT2D eigenvalue weighted by atomic mass is 16.5. The Morgan fingerprint density at radius 1 is 1.04 bits per heavy atom. The van der Waals surface area contributed by atoms with Crippen LogP contribution in [0.2, 0.25) is 0 Å². The minimum absolute atomic E-state index is 0.171. The molecule has 0 saturated heterocycles. The van der Waals surface area contributed by atoms with E-state index in [9.17, 15) is 4.79 Å². The summed E-state index contributed by atoms with van der Waals surface area (Å²) in [6.07, 6.45) is 0.323. The lowest BCUT2D eigenvalue weighted by Gasteiger charge is -2.26. The molecule has 1 N–H and O–H groups in total. The molecule has 0 amide bonds. The van der Waals surface area contributed by atoms with Gasteiger partial charge in [0.2, 0.25) is 0 Å². The maximum absolute atomic E-state index is 10.8. The molecule has 0 bridgehead atoms. The van der Waals surface area contributed by atoms with Crippen LogP contribution in [0.4, 0.5) is 0 Å². The van der Waals surface area contributed by atoms with Crippen molar-refractivity contribution in [3.05, 3.63) is 77.9 Å². The summed E-state index contributed by atoms with van der Waals surface area (Å²) in [7, 11) is 0. The van der Waals surface area contributed by atoms with Gasteiger partial charge in [0.1, 0.15) is 12.4 Å². The molecule has 0 radical (unpaired) electrons. The fourth-order valence-corrected chi connectivity index (χ4v) is 2.40. The van der Waals surface area contributed by atoms with E-state index in [2.05, 4.69) is 6.58 Å². The Labute approximate surface area is 148 Å². The molecule has 2 rings (SSSR count). The van der Waals surface area contributed by atoms with Crippen molar-refractivity contribution in [3.8, 4) is 5.75 Å². The van der Waals surface area contributed by atoms with Crippen LogP contribution in [0.1, 0.15) is 25.0 Å². The van der Waals surface area contributed by atoms with E-state index in [1.54, 1.807) is 0 Å². The topological polar surface area (TPSA) is 55.8 Å². The van der Waals surface area contributed by atoms with Gasteiger partial charge in [-0.05, 0) is 37.1 Å². The van der Waals surface area contributed by atoms with Crippen LogP contribution in [0.15, 0.2) is 66.7 Å². The summed E-state index contributed by atoms with van der Waals surface area (Å²) in [5, 5.41) is 8.85. The van der Waals surface area contributed by atoms with Crippen molar-refractivity contribution in [3.63, 3.8) is 0 Å². The summed E-state index contributed by atoms with van der Waals surface area (Å²) in [6.45, 7) is 8.52. The zero-order chi connectivity index (χ0) is 18.3. The molecule has 2 aromatic rings. The molecular formula is C21H24O4. The standard InChI is InChI=1S/C21H24O4/c1-16(20(22)23)15-17-9-11-19(12-10-17)24-13-14-25-21(2,3)18-7-5-4-6-8-18/h4-12H,1,13-15H2,2-3H3,(H,22,23). The van der Waals surface area contributed by atoms with Gasteiger partial charge in [-0.2, -0.15) is 0 Å². The molecular weight excluding hydrogens is 316 g/mol. The van der Waals surface area contributed by atoms with Gasteiger partial charge in [-0.3, -0.25) is 0 Å². The van der Waals surface area contributed by atoms with E-state index in [0.717, 1.165) is 16.9 Å². The van der Waals surface area contributed by atoms with Crippen molar-refractivity contribution in [1.29, 1.82) is 0 Å². The Hall–Kier alpha value is -2.59. The van der Waals surface area contributed by atoms with Gasteiger partial charge in [0.25, 0.3) is 0 Å². The van der Waals surface area contributed by atoms with Crippen LogP contribution in [0.25, 0.3) is 0 Å². The zero-order valence-corrected chi connectivity index (χ0v) is 14.7. The molecule has 0 saturated carbocycles. The molecule has 0 aromatic heterocycles. The largest absolute Gasteiger partial charge is 0.491 e. The molecule has 2 aromatic carbocycles. The van der Waals surface area contributed by atoms with Gasteiger partial charge in [-0.1, -0.05) is 49.0 Å². The van der Waals surface area contributed by atoms with Crippen LogP contribution >= 0.6 is 0 Å². The molecule has 0 heterocycles. The summed E-state index contributed by atoms with van der Waals surface area (Å²) < 4.78 is 11.6. The molecule has 0 aliphatic rings. The second kappa shape index (κ2) is 8.49. The summed E-state index contributed by atoms with van der Waals surface area (Å²) in [4.78, 5) is 10.8. The number of carboxylic acid groups (broad SMARTS) is 1. The average Bonchev–Trinajstić information content (AvgIpc) is 2.61. The molecule has 0 aliphatic heterocycles. The summed E-state index contributed by atoms with van der Waals surface area (Å²) >= 11 is 0. The van der Waals surface area contributed by atoms with Crippen LogP contribution in [0.5, 0.6) is 5.75 Å². The predicted molar refractivity (Wildman–Crippen MR) is 97.8 cm³/mol. The average molecular weight is 340 g/mol. The first-order valence-corrected chi connectivity index (χ1v) is 8.21. The quantitative estimate of drug-likeness (QED) is 0.549. The third-order valence-corrected chi connectivity index (χ3v) is 3.93. The first kappa shape index (κ1) is 18.7. The third kappa shape index (κ3) is 5.76. The first-order chi connectivity index (χ1) is 11.9. The van der Waals surface area contributed by atoms with E-state index in [1.165, 1.54) is 0 Å². The lowest BCUT2D eigenvalue weighted by atomic mass is 9.98. The van der Waals surface area contributed by atoms with E-state index < -0.39 is 5.97 Å². The fraction of sp³-hybridized carbons (Fsp3) is 0.286. The molecule has 0 aliphatic carbocycles. The highest BCUT2D eigenvalue weighted by molar-refractivity contribution is 5.86. The van der Waals surface area contributed by atoms with Crippen molar-refractivity contribution in [2.24, 2.45) is 0 Å². The molecule has 0 spiro atoms. The minimum Gasteiger partial charge on any atom is -0.491 e. The van der Waals surface area contributed by atoms with Crippen LogP contribution in [0, 0.1) is 0 Å². The van der Waals surface area contributed by atoms with Crippen molar-refractivity contribution >= 4 is 5.97 Å². The summed E-state index contributed by atoms with van der Waals surface area (Å²) in [5.41, 5.74) is 1.82. The van der Waals surface area contributed by atoms with Crippen LogP contribution < -0.4 is 4.74 Å². The van der Waals surface area contributed by atoms with Gasteiger partial charge in [0.05, 0.1) is 12.2 Å². The SMILES string of the molecule is C=C(Cc1ccc(OCCOC(C)(C)c2ccccc2)cc1)C(=O)O. The van der Waals surface area contributed by atoms with Crippen molar-refractivity contribution in [2.75, 3.05) is 13.2 Å². The molecule has 25 heavy (non-hydrogen) atoms. The maximum atomic E-state index is 10.8. The Morgan fingerprint density at radius 2 is 1.68 bits per heavy atom. The summed E-state index contributed by atoms with van der Waals surface area (Å²) in [6, 6.07) is 17.4. The normalized spacial score (nSPS) is 11.1. The minimum atomic E-state index is -0.974. The van der Waals surface area contributed by atoms with Gasteiger partial charge >= 0.3 is 5.97 Å². The molecule has 132 valence electrons. The van der Waals surface area contributed by atoms with E-state index in [0.29, 0.717) is 19.6 Å². The van der Waals surface area contributed by atoms with Gasteiger partial charge < -0.3 is 14.6 Å². The van der Waals surface area contributed by atoms with Gasteiger partial charge in [-0.25, -0.2) is 4.79 Å². The number of aliphatic carboxylic acids is 1. The number of hydrogen-bond acceptors (Lipinski definition) is 3. The van der Waals surface area contributed by atoms with Crippen molar-refractivity contribution in [2.45, 2.75) is 25.9 Å². The Kier molecular flexibility index (Phi) is 6.37. The van der Waals surface area contributed by atoms with Gasteiger partial charge in [0, 0.05) is 12.0 Å². The zero-order valence-electron chi connectivity index (χ0n) is 14.7. The lowest BCUT2D eigenvalue weighted by molar-refractivity contribution is -0.132. The lowest BCUT2D eigenvalue weighted by Crippen LogP contribution is -2.24. The number of carbonyl (C=O) groups is 1. The number of hydrogen-bond donors (Lipinski definition) is 1. The molecule has 4 nitrogen and oxygen atoms in total. The van der Waals surface area contributed by atoms with E-state index in [1.807, 2.05) is 68.4 Å². The molecule has 0 unspecified atom stereocenters. The highest BCUT2D eigenvalue weighted by Crippen LogP contribution is 2.24. The molecule has 4 heteroatoms. The number of benzene rings is 2. The number of carboxylic acids is 1. The van der Waals surface area contributed by atoms with Gasteiger partial charge in [-0.15, -0.1) is 0 Å². The maximum Gasteiger partial charge on any atom is 0.331 e. The monoisotopic (exact) mass is 340 g/mol. The highest BCUT2D eigenvalue weighted by Gasteiger charge is 2.20. The Morgan fingerprint density at radius 3 is 2.28 bits per heavy atom. The predicted octanol–water partition coefficient (Wildman–Crippen LogP) is 4.20. The van der Waals surface area contributed by atoms with Crippen LogP contribution in [0.3, 0.4) is 0 Å². The summed E-state index contributed by atoms with van der Waals surface area (Å²) in [5.74, 6) is -0.246. The molecule has 0 fully saturated rings. The van der Waals surface area contributed by atoms with Crippen LogP contribution in [-0.4, -0.2) is 24.3 Å². The number of rotatable bonds is 9. The van der Waals surface area contributed by atoms with Crippen molar-refractivity contribution < 1.29 is 19.4 Å². The van der Waals surface area contributed by atoms with Gasteiger partial charge in [0.15, 0.2) is 0 Å². The van der Waals surface area contributed by atoms with Crippen molar-refractivity contribution in [1.82, 2.24) is 0 Å². The first-order valence-electron chi connectivity index (χ1n) is 8.21. The Bertz CT molecular complexity index is 702. The fourth-order valence-electron chi connectivity index (χ4n) is 2.40. The van der Waals surface area contributed by atoms with Crippen LogP contribution in [-0.2, 0) is 21.6 Å². The molecule has 0 atom stereocenters. The third-order valence-electron chi connectivity index (χ3n) is 3.93. The van der Waals surface area contributed by atoms with E-state index in [4.69, 9.17) is 14.6 Å². The second-order valence-electron chi connectivity index (χ2n) is 6.30.